The first kappa shape index (κ1) is 21.3. The van der Waals surface area contributed by atoms with E-state index in [1.807, 2.05) is 6.92 Å². The first-order valence-electron chi connectivity index (χ1n) is 7.78. The number of hydrogen-bond acceptors (Lipinski definition) is 4. The molecule has 0 heterocycles. The SMILES string of the molecule is CC(C)CCC(C)NC(=O)CSc1ccc(C(F)(F)F)cc1[N+](=O)[O-]. The van der Waals surface area contributed by atoms with Gasteiger partial charge in [0.2, 0.25) is 5.91 Å². The highest BCUT2D eigenvalue weighted by Crippen LogP contribution is 2.36. The highest BCUT2D eigenvalue weighted by molar-refractivity contribution is 8.00. The number of alkyl halides is 3. The molecule has 0 spiro atoms. The Morgan fingerprint density at radius 1 is 1.28 bits per heavy atom. The Labute approximate surface area is 148 Å². The van der Waals surface area contributed by atoms with Crippen LogP contribution in [0.25, 0.3) is 0 Å². The quantitative estimate of drug-likeness (QED) is 0.406. The zero-order valence-electron chi connectivity index (χ0n) is 14.2. The summed E-state index contributed by atoms with van der Waals surface area (Å²) in [5.74, 6) is 0.108. The van der Waals surface area contributed by atoms with E-state index in [0.717, 1.165) is 36.7 Å². The highest BCUT2D eigenvalue weighted by Gasteiger charge is 2.33. The van der Waals surface area contributed by atoms with Crippen molar-refractivity contribution in [2.75, 3.05) is 5.75 Å². The zero-order valence-corrected chi connectivity index (χ0v) is 15.0. The smallest absolute Gasteiger partial charge is 0.353 e. The van der Waals surface area contributed by atoms with Crippen LogP contribution in [0.1, 0.15) is 39.2 Å². The van der Waals surface area contributed by atoms with Crippen molar-refractivity contribution < 1.29 is 22.9 Å². The molecular formula is C16H21F3N2O3S. The maximum atomic E-state index is 12.7. The van der Waals surface area contributed by atoms with Gasteiger partial charge in [-0.25, -0.2) is 0 Å². The number of thioether (sulfide) groups is 1. The summed E-state index contributed by atoms with van der Waals surface area (Å²) in [5.41, 5.74) is -1.74. The van der Waals surface area contributed by atoms with Gasteiger partial charge in [0, 0.05) is 12.1 Å². The molecule has 0 aromatic heterocycles. The van der Waals surface area contributed by atoms with Gasteiger partial charge in [0.05, 0.1) is 21.1 Å². The number of nitro groups is 1. The summed E-state index contributed by atoms with van der Waals surface area (Å²) >= 11 is 0.848. The minimum atomic E-state index is -4.66. The fourth-order valence-electron chi connectivity index (χ4n) is 2.07. The van der Waals surface area contributed by atoms with Crippen LogP contribution in [-0.4, -0.2) is 22.6 Å². The van der Waals surface area contributed by atoms with Gasteiger partial charge in [-0.15, -0.1) is 11.8 Å². The normalized spacial score (nSPS) is 12.9. The van der Waals surface area contributed by atoms with Crippen molar-refractivity contribution >= 4 is 23.4 Å². The molecule has 1 amide bonds. The summed E-state index contributed by atoms with van der Waals surface area (Å²) < 4.78 is 38.0. The molecule has 1 atom stereocenters. The summed E-state index contributed by atoms with van der Waals surface area (Å²) in [6, 6.07) is 2.27. The summed E-state index contributed by atoms with van der Waals surface area (Å²) in [6.45, 7) is 6.02. The highest BCUT2D eigenvalue weighted by atomic mass is 32.2. The molecule has 0 radical (unpaired) electrons. The second-order valence-corrected chi connectivity index (χ2v) is 7.18. The van der Waals surface area contributed by atoms with Crippen molar-refractivity contribution in [1.29, 1.82) is 0 Å². The number of hydrogen-bond donors (Lipinski definition) is 1. The number of benzene rings is 1. The number of carbonyl (C=O) groups is 1. The Balaban J connectivity index is 2.70. The van der Waals surface area contributed by atoms with Crippen molar-refractivity contribution in [2.45, 2.75) is 50.7 Å². The van der Waals surface area contributed by atoms with Crippen LogP contribution in [0.3, 0.4) is 0 Å². The molecular weight excluding hydrogens is 357 g/mol. The van der Waals surface area contributed by atoms with Gasteiger partial charge < -0.3 is 5.32 Å². The minimum absolute atomic E-state index is 0.0295. The monoisotopic (exact) mass is 378 g/mol. The van der Waals surface area contributed by atoms with Crippen molar-refractivity contribution in [3.05, 3.63) is 33.9 Å². The van der Waals surface area contributed by atoms with Gasteiger partial charge in [0.15, 0.2) is 0 Å². The summed E-state index contributed by atoms with van der Waals surface area (Å²) in [7, 11) is 0. The average molecular weight is 378 g/mol. The van der Waals surface area contributed by atoms with E-state index in [2.05, 4.69) is 19.2 Å². The minimum Gasteiger partial charge on any atom is -0.353 e. The van der Waals surface area contributed by atoms with Crippen molar-refractivity contribution in [2.24, 2.45) is 5.92 Å². The molecule has 1 rings (SSSR count). The summed E-state index contributed by atoms with van der Waals surface area (Å²) in [5, 5.41) is 13.8. The predicted octanol–water partition coefficient (Wildman–Crippen LogP) is 4.65. The molecule has 0 fully saturated rings. The van der Waals surface area contributed by atoms with Crippen molar-refractivity contribution in [3.8, 4) is 0 Å². The van der Waals surface area contributed by atoms with Crippen LogP contribution in [0.15, 0.2) is 23.1 Å². The van der Waals surface area contributed by atoms with E-state index in [4.69, 9.17) is 0 Å². The molecule has 0 saturated carbocycles. The first-order valence-corrected chi connectivity index (χ1v) is 8.77. The van der Waals surface area contributed by atoms with E-state index in [1.54, 1.807) is 0 Å². The van der Waals surface area contributed by atoms with Gasteiger partial charge in [-0.05, 0) is 37.8 Å². The maximum Gasteiger partial charge on any atom is 0.416 e. The van der Waals surface area contributed by atoms with Crippen LogP contribution >= 0.6 is 11.8 Å². The number of nitrogens with zero attached hydrogens (tertiary/aromatic N) is 1. The summed E-state index contributed by atoms with van der Waals surface area (Å²) in [4.78, 5) is 22.0. The lowest BCUT2D eigenvalue weighted by atomic mass is 10.0. The standard InChI is InChI=1S/C16H21F3N2O3S/c1-10(2)4-5-11(3)20-15(22)9-25-14-7-6-12(16(17,18)19)8-13(14)21(23)24/h6-8,10-11H,4-5,9H2,1-3H3,(H,20,22). The van der Waals surface area contributed by atoms with Crippen LogP contribution < -0.4 is 5.32 Å². The fourth-order valence-corrected chi connectivity index (χ4v) is 2.89. The van der Waals surface area contributed by atoms with Gasteiger partial charge in [-0.3, -0.25) is 14.9 Å². The maximum absolute atomic E-state index is 12.7. The third-order valence-electron chi connectivity index (χ3n) is 3.43. The first-order chi connectivity index (χ1) is 11.5. The van der Waals surface area contributed by atoms with E-state index >= 15 is 0 Å². The Morgan fingerprint density at radius 2 is 1.92 bits per heavy atom. The Kier molecular flexibility index (Phi) is 7.72. The third kappa shape index (κ3) is 7.33. The number of amides is 1. The van der Waals surface area contributed by atoms with E-state index in [-0.39, 0.29) is 22.6 Å². The van der Waals surface area contributed by atoms with Crippen LogP contribution in [-0.2, 0) is 11.0 Å². The molecule has 1 aromatic rings. The molecule has 1 N–H and O–H groups in total. The van der Waals surface area contributed by atoms with Gasteiger partial charge >= 0.3 is 6.18 Å². The summed E-state index contributed by atoms with van der Waals surface area (Å²) in [6.07, 6.45) is -2.88. The van der Waals surface area contributed by atoms with Crippen LogP contribution in [0, 0.1) is 16.0 Å². The molecule has 5 nitrogen and oxygen atoms in total. The molecule has 0 aliphatic carbocycles. The third-order valence-corrected chi connectivity index (χ3v) is 4.49. The molecule has 25 heavy (non-hydrogen) atoms. The van der Waals surface area contributed by atoms with E-state index in [1.165, 1.54) is 0 Å². The fraction of sp³-hybridized carbons (Fsp3) is 0.562. The van der Waals surface area contributed by atoms with Gasteiger partial charge in [0.25, 0.3) is 5.69 Å². The zero-order chi connectivity index (χ0) is 19.2. The lowest BCUT2D eigenvalue weighted by Gasteiger charge is -2.15. The largest absolute Gasteiger partial charge is 0.416 e. The molecule has 0 bridgehead atoms. The van der Waals surface area contributed by atoms with Gasteiger partial charge in [-0.1, -0.05) is 13.8 Å². The number of rotatable bonds is 8. The molecule has 1 aromatic carbocycles. The Bertz CT molecular complexity index is 621. The molecule has 9 heteroatoms. The number of carbonyl (C=O) groups excluding carboxylic acids is 1. The number of halogens is 3. The second-order valence-electron chi connectivity index (χ2n) is 6.17. The van der Waals surface area contributed by atoms with Crippen molar-refractivity contribution in [1.82, 2.24) is 5.32 Å². The molecule has 0 aliphatic rings. The van der Waals surface area contributed by atoms with E-state index < -0.39 is 22.4 Å². The lowest BCUT2D eigenvalue weighted by molar-refractivity contribution is -0.388. The Morgan fingerprint density at radius 3 is 2.44 bits per heavy atom. The van der Waals surface area contributed by atoms with Crippen LogP contribution in [0.5, 0.6) is 0 Å². The van der Waals surface area contributed by atoms with Crippen LogP contribution in [0.4, 0.5) is 18.9 Å². The number of nitrogens with one attached hydrogen (secondary N) is 1. The van der Waals surface area contributed by atoms with E-state index in [9.17, 15) is 28.1 Å². The second kappa shape index (κ2) is 9.07. The molecule has 0 aliphatic heterocycles. The predicted molar refractivity (Wildman–Crippen MR) is 90.5 cm³/mol. The van der Waals surface area contributed by atoms with Gasteiger partial charge in [0.1, 0.15) is 0 Å². The lowest BCUT2D eigenvalue weighted by Crippen LogP contribution is -2.34. The molecule has 140 valence electrons. The topological polar surface area (TPSA) is 72.2 Å². The molecule has 1 unspecified atom stereocenters. The number of nitro benzene ring substituents is 1. The Hall–Kier alpha value is -1.77. The van der Waals surface area contributed by atoms with E-state index in [0.29, 0.717) is 12.0 Å². The average Bonchev–Trinajstić information content (AvgIpc) is 2.49. The molecule has 0 saturated heterocycles. The van der Waals surface area contributed by atoms with Gasteiger partial charge in [-0.2, -0.15) is 13.2 Å². The van der Waals surface area contributed by atoms with Crippen molar-refractivity contribution in [3.63, 3.8) is 0 Å². The van der Waals surface area contributed by atoms with Crippen LogP contribution in [0.2, 0.25) is 0 Å².